The Bertz CT molecular complexity index is 307. The molecule has 0 aliphatic rings. The van der Waals surface area contributed by atoms with E-state index in [-0.39, 0.29) is 0 Å². The second-order valence-corrected chi connectivity index (χ2v) is 2.47. The van der Waals surface area contributed by atoms with E-state index in [0.717, 1.165) is 11.1 Å². The van der Waals surface area contributed by atoms with Gasteiger partial charge in [0.15, 0.2) is 0 Å². The van der Waals surface area contributed by atoms with E-state index in [2.05, 4.69) is 24.7 Å². The van der Waals surface area contributed by atoms with E-state index < -0.39 is 0 Å². The van der Waals surface area contributed by atoms with Crippen LogP contribution < -0.4 is 5.73 Å². The fraction of sp³-hybridized carbons (Fsp3) is 0.0833. The smallest absolute Gasteiger partial charge is 0.131 e. The number of aliphatic imine (C=N–C) groups is 1. The molecule has 0 amide bonds. The third-order valence-corrected chi connectivity index (χ3v) is 1.59. The van der Waals surface area contributed by atoms with Gasteiger partial charge in [-0.3, -0.25) is 0 Å². The van der Waals surface area contributed by atoms with Crippen molar-refractivity contribution in [3.05, 3.63) is 61.4 Å². The lowest BCUT2D eigenvalue weighted by atomic mass is 10.1. The Balaban J connectivity index is 5.42. The molecule has 0 fully saturated rings. The Kier molecular flexibility index (Phi) is 5.79. The molecule has 0 aromatic rings. The van der Waals surface area contributed by atoms with Crippen LogP contribution in [0.15, 0.2) is 66.4 Å². The monoisotopic (exact) mass is 188 g/mol. The number of rotatable bonds is 5. The van der Waals surface area contributed by atoms with Gasteiger partial charge in [-0.1, -0.05) is 44.0 Å². The summed E-state index contributed by atoms with van der Waals surface area (Å²) < 4.78 is 0. The molecule has 0 heterocycles. The Morgan fingerprint density at radius 3 is 2.14 bits per heavy atom. The first-order valence-corrected chi connectivity index (χ1v) is 4.27. The Morgan fingerprint density at radius 2 is 1.79 bits per heavy atom. The second-order valence-electron chi connectivity index (χ2n) is 2.47. The summed E-state index contributed by atoms with van der Waals surface area (Å²) in [6.07, 6.45) is 8.53. The van der Waals surface area contributed by atoms with Crippen LogP contribution in [0.3, 0.4) is 0 Å². The second kappa shape index (κ2) is 6.66. The molecular weight excluding hydrogens is 172 g/mol. The maximum absolute atomic E-state index is 5.74. The van der Waals surface area contributed by atoms with E-state index in [1.807, 2.05) is 19.1 Å². The van der Waals surface area contributed by atoms with Gasteiger partial charge in [0.1, 0.15) is 5.84 Å². The Hall–Kier alpha value is -1.83. The molecule has 2 heteroatoms. The zero-order chi connectivity index (χ0) is 11.0. The predicted octanol–water partition coefficient (Wildman–Crippen LogP) is 2.73. The average Bonchev–Trinajstić information content (AvgIpc) is 2.18. The van der Waals surface area contributed by atoms with Crippen molar-refractivity contribution >= 4 is 5.84 Å². The summed E-state index contributed by atoms with van der Waals surface area (Å²) in [6, 6.07) is 0. The standard InChI is InChI=1S/C12H16N2/c1-5-9-11(10(6-2)7-3)12(13)14-8-4/h5-9H,2-4H2,1H3,(H2,13,14)/b9-5-. The highest BCUT2D eigenvalue weighted by atomic mass is 14.8. The van der Waals surface area contributed by atoms with Crippen molar-refractivity contribution in [3.8, 4) is 0 Å². The van der Waals surface area contributed by atoms with Crippen LogP contribution in [0.2, 0.25) is 0 Å². The molecule has 2 N–H and O–H groups in total. The van der Waals surface area contributed by atoms with Gasteiger partial charge in [-0.05, 0) is 12.5 Å². The summed E-state index contributed by atoms with van der Waals surface area (Å²) in [5, 5.41) is 0. The molecule has 0 atom stereocenters. The first-order chi connectivity index (χ1) is 6.71. The fourth-order valence-electron chi connectivity index (χ4n) is 0.967. The van der Waals surface area contributed by atoms with Crippen molar-refractivity contribution in [1.82, 2.24) is 0 Å². The molecule has 14 heavy (non-hydrogen) atoms. The summed E-state index contributed by atoms with van der Waals surface area (Å²) in [7, 11) is 0. The predicted molar refractivity (Wildman–Crippen MR) is 64.1 cm³/mol. The van der Waals surface area contributed by atoms with Gasteiger partial charge in [-0.25, -0.2) is 4.99 Å². The Labute approximate surface area is 85.5 Å². The molecule has 0 aliphatic carbocycles. The molecule has 0 bridgehead atoms. The van der Waals surface area contributed by atoms with Crippen molar-refractivity contribution in [2.75, 3.05) is 0 Å². The molecule has 74 valence electrons. The van der Waals surface area contributed by atoms with Gasteiger partial charge >= 0.3 is 0 Å². The minimum absolute atomic E-state index is 0.410. The Morgan fingerprint density at radius 1 is 1.21 bits per heavy atom. The van der Waals surface area contributed by atoms with Gasteiger partial charge in [0.25, 0.3) is 0 Å². The van der Waals surface area contributed by atoms with Crippen LogP contribution in [0.1, 0.15) is 6.92 Å². The van der Waals surface area contributed by atoms with E-state index >= 15 is 0 Å². The quantitative estimate of drug-likeness (QED) is 0.402. The van der Waals surface area contributed by atoms with Gasteiger partial charge in [-0.15, -0.1) is 0 Å². The summed E-state index contributed by atoms with van der Waals surface area (Å²) in [5.41, 5.74) is 7.40. The lowest BCUT2D eigenvalue weighted by molar-refractivity contribution is 1.46. The molecule has 0 aromatic carbocycles. The normalized spacial score (nSPS) is 11.1. The molecule has 0 spiro atoms. The minimum atomic E-state index is 0.410. The zero-order valence-corrected chi connectivity index (χ0v) is 8.53. The first-order valence-electron chi connectivity index (χ1n) is 4.27. The molecular formula is C12H16N2. The number of hydrogen-bond acceptors (Lipinski definition) is 1. The number of hydrogen-bond donors (Lipinski definition) is 1. The molecule has 0 saturated heterocycles. The SMILES string of the molecule is C=C/N=C(/N)C(/C=C\C)=C(C=C)C=C. The zero-order valence-electron chi connectivity index (χ0n) is 8.53. The highest BCUT2D eigenvalue weighted by molar-refractivity contribution is 6.01. The summed E-state index contributed by atoms with van der Waals surface area (Å²) in [6.45, 7) is 12.8. The number of nitrogens with zero attached hydrogens (tertiary/aromatic N) is 1. The third-order valence-electron chi connectivity index (χ3n) is 1.59. The molecule has 0 unspecified atom stereocenters. The van der Waals surface area contributed by atoms with E-state index in [1.54, 1.807) is 12.2 Å². The number of nitrogens with two attached hydrogens (primary N) is 1. The van der Waals surface area contributed by atoms with E-state index in [9.17, 15) is 0 Å². The third kappa shape index (κ3) is 3.27. The van der Waals surface area contributed by atoms with Crippen molar-refractivity contribution < 1.29 is 0 Å². The minimum Gasteiger partial charge on any atom is -0.383 e. The van der Waals surface area contributed by atoms with Gasteiger partial charge in [-0.2, -0.15) is 0 Å². The largest absolute Gasteiger partial charge is 0.383 e. The average molecular weight is 188 g/mol. The van der Waals surface area contributed by atoms with E-state index in [4.69, 9.17) is 5.73 Å². The fourth-order valence-corrected chi connectivity index (χ4v) is 0.967. The molecule has 2 nitrogen and oxygen atoms in total. The molecule has 0 radical (unpaired) electrons. The van der Waals surface area contributed by atoms with Gasteiger partial charge < -0.3 is 5.73 Å². The number of allylic oxidation sites excluding steroid dienone is 4. The van der Waals surface area contributed by atoms with E-state index in [0.29, 0.717) is 5.84 Å². The van der Waals surface area contributed by atoms with Crippen LogP contribution >= 0.6 is 0 Å². The topological polar surface area (TPSA) is 38.4 Å². The van der Waals surface area contributed by atoms with Crippen molar-refractivity contribution in [1.29, 1.82) is 0 Å². The van der Waals surface area contributed by atoms with E-state index in [1.165, 1.54) is 6.20 Å². The van der Waals surface area contributed by atoms with Gasteiger partial charge in [0.2, 0.25) is 0 Å². The molecule has 0 aliphatic heterocycles. The van der Waals surface area contributed by atoms with Crippen molar-refractivity contribution in [2.45, 2.75) is 6.92 Å². The maximum Gasteiger partial charge on any atom is 0.131 e. The lowest BCUT2D eigenvalue weighted by Gasteiger charge is -2.03. The summed E-state index contributed by atoms with van der Waals surface area (Å²) in [5.74, 6) is 0.410. The highest BCUT2D eigenvalue weighted by Gasteiger charge is 2.01. The molecule has 0 rings (SSSR count). The lowest BCUT2D eigenvalue weighted by Crippen LogP contribution is -2.14. The summed E-state index contributed by atoms with van der Waals surface area (Å²) in [4.78, 5) is 3.91. The van der Waals surface area contributed by atoms with Crippen LogP contribution in [0.4, 0.5) is 0 Å². The van der Waals surface area contributed by atoms with Crippen molar-refractivity contribution in [2.24, 2.45) is 10.7 Å². The number of amidine groups is 1. The van der Waals surface area contributed by atoms with Crippen LogP contribution in [0.5, 0.6) is 0 Å². The maximum atomic E-state index is 5.74. The van der Waals surface area contributed by atoms with Crippen LogP contribution in [-0.2, 0) is 0 Å². The van der Waals surface area contributed by atoms with Gasteiger partial charge in [0.05, 0.1) is 0 Å². The molecule has 0 aromatic heterocycles. The van der Waals surface area contributed by atoms with Crippen molar-refractivity contribution in [3.63, 3.8) is 0 Å². The van der Waals surface area contributed by atoms with Gasteiger partial charge in [0, 0.05) is 11.8 Å². The summed E-state index contributed by atoms with van der Waals surface area (Å²) >= 11 is 0. The van der Waals surface area contributed by atoms with Crippen LogP contribution in [0.25, 0.3) is 0 Å². The van der Waals surface area contributed by atoms with Crippen LogP contribution in [0, 0.1) is 0 Å². The first kappa shape index (κ1) is 12.2. The molecule has 0 saturated carbocycles. The van der Waals surface area contributed by atoms with Crippen LogP contribution in [-0.4, -0.2) is 5.84 Å². The highest BCUT2D eigenvalue weighted by Crippen LogP contribution is 2.09.